The van der Waals surface area contributed by atoms with E-state index in [4.69, 9.17) is 0 Å². The number of hydrogen-bond acceptors (Lipinski definition) is 3. The van der Waals surface area contributed by atoms with E-state index in [1.165, 1.54) is 6.07 Å². The molecule has 2 aromatic rings. The van der Waals surface area contributed by atoms with E-state index in [0.717, 1.165) is 3.57 Å². The molecule has 94 valence electrons. The van der Waals surface area contributed by atoms with Crippen molar-refractivity contribution in [1.29, 1.82) is 0 Å². The molecule has 0 fully saturated rings. The molecule has 1 amide bonds. The number of carbonyl (C=O) groups excluding carboxylic acids is 1. The molecular weight excluding hydrogens is 345 g/mol. The second-order valence-corrected chi connectivity index (χ2v) is 4.88. The first-order chi connectivity index (χ1) is 8.66. The van der Waals surface area contributed by atoms with Gasteiger partial charge >= 0.3 is 0 Å². The Morgan fingerprint density at radius 1 is 1.50 bits per heavy atom. The van der Waals surface area contributed by atoms with Gasteiger partial charge in [-0.25, -0.2) is 4.98 Å². The van der Waals surface area contributed by atoms with Crippen molar-refractivity contribution in [3.8, 4) is 5.75 Å². The molecule has 2 rings (SSSR count). The molecule has 0 aliphatic rings. The maximum absolute atomic E-state index is 11.8. The summed E-state index contributed by atoms with van der Waals surface area (Å²) in [6, 6.07) is 4.86. The second kappa shape index (κ2) is 5.85. The van der Waals surface area contributed by atoms with Gasteiger partial charge in [0.05, 0.1) is 9.90 Å². The molecule has 0 bridgehead atoms. The lowest BCUT2D eigenvalue weighted by atomic mass is 10.2. The minimum atomic E-state index is -0.193. The van der Waals surface area contributed by atoms with E-state index in [2.05, 4.69) is 10.3 Å². The molecule has 0 unspecified atom stereocenters. The van der Waals surface area contributed by atoms with E-state index < -0.39 is 0 Å². The smallest absolute Gasteiger partial charge is 0.251 e. The summed E-state index contributed by atoms with van der Waals surface area (Å²) in [6.07, 6.45) is 5.23. The number of halogens is 1. The van der Waals surface area contributed by atoms with Gasteiger partial charge in [0.25, 0.3) is 5.91 Å². The number of nitrogens with one attached hydrogen (secondary N) is 1. The number of hydrogen-bond donors (Lipinski definition) is 2. The third-order valence-electron chi connectivity index (χ3n) is 2.42. The van der Waals surface area contributed by atoms with Crippen molar-refractivity contribution in [2.75, 3.05) is 6.54 Å². The SMILES string of the molecule is O=C(NCCn1ccnc1)c1ccc(I)c(O)c1. The average Bonchev–Trinajstić information content (AvgIpc) is 2.85. The maximum Gasteiger partial charge on any atom is 0.251 e. The van der Waals surface area contributed by atoms with E-state index >= 15 is 0 Å². The van der Waals surface area contributed by atoms with Crippen LogP contribution in [0.25, 0.3) is 0 Å². The highest BCUT2D eigenvalue weighted by Crippen LogP contribution is 2.20. The Bertz CT molecular complexity index is 540. The highest BCUT2D eigenvalue weighted by Gasteiger charge is 2.07. The normalized spacial score (nSPS) is 10.3. The fraction of sp³-hybridized carbons (Fsp3) is 0.167. The van der Waals surface area contributed by atoms with Crippen LogP contribution in [0.15, 0.2) is 36.9 Å². The summed E-state index contributed by atoms with van der Waals surface area (Å²) in [4.78, 5) is 15.7. The molecule has 0 saturated heterocycles. The standard InChI is InChI=1S/C12H12IN3O2/c13-10-2-1-9(7-11(10)17)12(18)15-4-6-16-5-3-14-8-16/h1-3,5,7-8,17H,4,6H2,(H,15,18). The Kier molecular flexibility index (Phi) is 4.19. The minimum absolute atomic E-state index is 0.123. The monoisotopic (exact) mass is 357 g/mol. The Morgan fingerprint density at radius 2 is 2.33 bits per heavy atom. The first-order valence-electron chi connectivity index (χ1n) is 5.39. The average molecular weight is 357 g/mol. The van der Waals surface area contributed by atoms with Gasteiger partial charge in [0, 0.05) is 31.0 Å². The number of amides is 1. The van der Waals surface area contributed by atoms with Gasteiger partial charge in [-0.3, -0.25) is 4.79 Å². The first kappa shape index (κ1) is 12.9. The second-order valence-electron chi connectivity index (χ2n) is 3.72. The van der Waals surface area contributed by atoms with Crippen molar-refractivity contribution in [2.45, 2.75) is 6.54 Å². The molecule has 6 heteroatoms. The fourth-order valence-electron chi connectivity index (χ4n) is 1.47. The zero-order chi connectivity index (χ0) is 13.0. The van der Waals surface area contributed by atoms with Crippen molar-refractivity contribution in [1.82, 2.24) is 14.9 Å². The number of aromatic nitrogens is 2. The Hall–Kier alpha value is -1.57. The predicted octanol–water partition coefficient (Wildman–Crippen LogP) is 1.62. The van der Waals surface area contributed by atoms with Crippen LogP contribution in [0.4, 0.5) is 0 Å². The molecule has 1 aromatic carbocycles. The largest absolute Gasteiger partial charge is 0.507 e. The fourth-order valence-corrected chi connectivity index (χ4v) is 1.81. The van der Waals surface area contributed by atoms with Crippen molar-refractivity contribution >= 4 is 28.5 Å². The molecule has 18 heavy (non-hydrogen) atoms. The number of imidazole rings is 1. The lowest BCUT2D eigenvalue weighted by molar-refractivity contribution is 0.0952. The van der Waals surface area contributed by atoms with Crippen molar-refractivity contribution in [3.63, 3.8) is 0 Å². The van der Waals surface area contributed by atoms with Gasteiger partial charge in [-0.15, -0.1) is 0 Å². The molecule has 0 aliphatic heterocycles. The van der Waals surface area contributed by atoms with Gasteiger partial charge in [0.15, 0.2) is 0 Å². The molecule has 0 saturated carbocycles. The molecule has 1 heterocycles. The minimum Gasteiger partial charge on any atom is -0.507 e. The number of phenols is 1. The quantitative estimate of drug-likeness (QED) is 0.818. The van der Waals surface area contributed by atoms with Crippen LogP contribution in [0.3, 0.4) is 0 Å². The molecule has 0 atom stereocenters. The molecule has 0 radical (unpaired) electrons. The van der Waals surface area contributed by atoms with Crippen LogP contribution in [-0.4, -0.2) is 27.1 Å². The number of phenolic OH excluding ortho intramolecular Hbond substituents is 1. The Labute approximate surface area is 118 Å². The number of rotatable bonds is 4. The van der Waals surface area contributed by atoms with Gasteiger partial charge in [0.1, 0.15) is 5.75 Å². The van der Waals surface area contributed by atoms with E-state index in [0.29, 0.717) is 18.7 Å². The summed E-state index contributed by atoms with van der Waals surface area (Å²) < 4.78 is 2.61. The third kappa shape index (κ3) is 3.22. The number of benzene rings is 1. The van der Waals surface area contributed by atoms with Crippen LogP contribution in [0.5, 0.6) is 5.75 Å². The summed E-state index contributed by atoms with van der Waals surface area (Å²) >= 11 is 2.01. The summed E-state index contributed by atoms with van der Waals surface area (Å²) in [6.45, 7) is 1.18. The van der Waals surface area contributed by atoms with Gasteiger partial charge in [-0.1, -0.05) is 0 Å². The summed E-state index contributed by atoms with van der Waals surface area (Å²) in [7, 11) is 0. The number of carbonyl (C=O) groups is 1. The summed E-state index contributed by atoms with van der Waals surface area (Å²) in [5.41, 5.74) is 0.457. The van der Waals surface area contributed by atoms with Crippen LogP contribution >= 0.6 is 22.6 Å². The predicted molar refractivity (Wildman–Crippen MR) is 75.4 cm³/mol. The van der Waals surface area contributed by atoms with E-state index in [-0.39, 0.29) is 11.7 Å². The highest BCUT2D eigenvalue weighted by molar-refractivity contribution is 14.1. The first-order valence-corrected chi connectivity index (χ1v) is 6.47. The Morgan fingerprint density at radius 3 is 3.00 bits per heavy atom. The van der Waals surface area contributed by atoms with Crippen LogP contribution < -0.4 is 5.32 Å². The van der Waals surface area contributed by atoms with Crippen molar-refractivity contribution in [3.05, 3.63) is 46.1 Å². The number of nitrogens with zero attached hydrogens (tertiary/aromatic N) is 2. The number of aromatic hydroxyl groups is 1. The van der Waals surface area contributed by atoms with Gasteiger partial charge in [-0.2, -0.15) is 0 Å². The topological polar surface area (TPSA) is 67.2 Å². The van der Waals surface area contributed by atoms with Crippen LogP contribution in [0.2, 0.25) is 0 Å². The van der Waals surface area contributed by atoms with Crippen molar-refractivity contribution in [2.24, 2.45) is 0 Å². The zero-order valence-corrected chi connectivity index (χ0v) is 11.7. The maximum atomic E-state index is 11.8. The van der Waals surface area contributed by atoms with E-state index in [1.54, 1.807) is 24.7 Å². The molecule has 2 N–H and O–H groups in total. The highest BCUT2D eigenvalue weighted by atomic mass is 127. The zero-order valence-electron chi connectivity index (χ0n) is 9.51. The van der Waals surface area contributed by atoms with Crippen LogP contribution in [0.1, 0.15) is 10.4 Å². The molecule has 1 aromatic heterocycles. The molecule has 0 aliphatic carbocycles. The van der Waals surface area contributed by atoms with E-state index in [9.17, 15) is 9.90 Å². The van der Waals surface area contributed by atoms with Gasteiger partial charge in [-0.05, 0) is 40.8 Å². The van der Waals surface area contributed by atoms with Gasteiger partial charge in [0.2, 0.25) is 0 Å². The van der Waals surface area contributed by atoms with Crippen LogP contribution in [0, 0.1) is 3.57 Å². The summed E-state index contributed by atoms with van der Waals surface area (Å²) in [5, 5.41) is 12.3. The molecular formula is C12H12IN3O2. The molecule has 0 spiro atoms. The lowest BCUT2D eigenvalue weighted by Gasteiger charge is -2.06. The van der Waals surface area contributed by atoms with E-state index in [1.807, 2.05) is 33.4 Å². The van der Waals surface area contributed by atoms with Crippen LogP contribution in [-0.2, 0) is 6.54 Å². The Balaban J connectivity index is 1.89. The van der Waals surface area contributed by atoms with Gasteiger partial charge < -0.3 is 15.0 Å². The summed E-state index contributed by atoms with van der Waals surface area (Å²) in [5.74, 6) is -0.0697. The molecule has 5 nitrogen and oxygen atoms in total. The third-order valence-corrected chi connectivity index (χ3v) is 3.34. The lowest BCUT2D eigenvalue weighted by Crippen LogP contribution is -2.26. The van der Waals surface area contributed by atoms with Crippen molar-refractivity contribution < 1.29 is 9.90 Å².